The van der Waals surface area contributed by atoms with Crippen LogP contribution in [0.1, 0.15) is 11.1 Å². The fraction of sp³-hybridized carbons (Fsp3) is 0.133. The highest BCUT2D eigenvalue weighted by Gasteiger charge is 2.15. The summed E-state index contributed by atoms with van der Waals surface area (Å²) >= 11 is 1.23. The number of aromatic nitrogens is 2. The summed E-state index contributed by atoms with van der Waals surface area (Å²) < 4.78 is 1.44. The topological polar surface area (TPSA) is 70.7 Å². The highest BCUT2D eigenvalue weighted by Crippen LogP contribution is 2.31. The van der Waals surface area contributed by atoms with E-state index in [2.05, 4.69) is 10.3 Å². The number of rotatable bonds is 2. The van der Waals surface area contributed by atoms with Gasteiger partial charge >= 0.3 is 0 Å². The second-order valence-electron chi connectivity index (χ2n) is 4.66. The molecule has 5 nitrogen and oxygen atoms in total. The molecule has 0 radical (unpaired) electrons. The van der Waals surface area contributed by atoms with Gasteiger partial charge in [0.15, 0.2) is 5.56 Å². The van der Waals surface area contributed by atoms with Crippen LogP contribution < -0.4 is 10.9 Å². The SMILES string of the molecule is Cc1ccc2ncccc2c1Nc1sn(C)c(=O)c1C#N. The van der Waals surface area contributed by atoms with Crippen LogP contribution in [0.5, 0.6) is 0 Å². The van der Waals surface area contributed by atoms with Gasteiger partial charge in [-0.2, -0.15) is 5.26 Å². The minimum Gasteiger partial charge on any atom is -0.344 e. The molecule has 1 N–H and O–H groups in total. The predicted molar refractivity (Wildman–Crippen MR) is 84.0 cm³/mol. The van der Waals surface area contributed by atoms with Crippen LogP contribution in [-0.4, -0.2) is 8.94 Å². The molecule has 2 heterocycles. The van der Waals surface area contributed by atoms with Crippen LogP contribution >= 0.6 is 11.5 Å². The molecule has 0 bridgehead atoms. The molecule has 1 aromatic carbocycles. The van der Waals surface area contributed by atoms with E-state index in [0.717, 1.165) is 22.2 Å². The van der Waals surface area contributed by atoms with Crippen molar-refractivity contribution in [2.45, 2.75) is 6.92 Å². The molecular weight excluding hydrogens is 284 g/mol. The lowest BCUT2D eigenvalue weighted by molar-refractivity contribution is 0.976. The van der Waals surface area contributed by atoms with Gasteiger partial charge in [0.1, 0.15) is 11.1 Å². The molecule has 0 aliphatic heterocycles. The number of benzene rings is 1. The molecule has 0 saturated carbocycles. The molecule has 0 unspecified atom stereocenters. The van der Waals surface area contributed by atoms with E-state index in [1.165, 1.54) is 15.5 Å². The van der Waals surface area contributed by atoms with Crippen molar-refractivity contribution in [2.24, 2.45) is 7.05 Å². The monoisotopic (exact) mass is 296 g/mol. The standard InChI is InChI=1S/C15H12N4OS/c1-9-5-6-12-10(4-3-7-17-12)13(9)18-14-11(8-16)15(20)19(2)21-14/h3-7,18H,1-2H3. The summed E-state index contributed by atoms with van der Waals surface area (Å²) in [4.78, 5) is 16.2. The Morgan fingerprint density at radius 3 is 2.95 bits per heavy atom. The summed E-state index contributed by atoms with van der Waals surface area (Å²) in [5.41, 5.74) is 2.64. The third-order valence-electron chi connectivity index (χ3n) is 3.30. The first-order valence-corrected chi connectivity index (χ1v) is 7.11. The molecule has 3 aromatic rings. The fourth-order valence-electron chi connectivity index (χ4n) is 2.20. The Balaban J connectivity index is 2.19. The zero-order valence-electron chi connectivity index (χ0n) is 11.5. The third kappa shape index (κ3) is 2.18. The molecule has 0 atom stereocenters. The first-order chi connectivity index (χ1) is 10.1. The lowest BCUT2D eigenvalue weighted by Crippen LogP contribution is -2.11. The molecule has 0 spiro atoms. The average Bonchev–Trinajstić information content (AvgIpc) is 2.76. The zero-order chi connectivity index (χ0) is 15.0. The summed E-state index contributed by atoms with van der Waals surface area (Å²) in [5, 5.41) is 13.9. The Kier molecular flexibility index (Phi) is 3.20. The number of nitrogens with zero attached hydrogens (tertiary/aromatic N) is 3. The fourth-order valence-corrected chi connectivity index (χ4v) is 3.02. The second kappa shape index (κ2) is 5.04. The number of nitrogens with one attached hydrogen (secondary N) is 1. The van der Waals surface area contributed by atoms with Crippen molar-refractivity contribution in [3.05, 3.63) is 51.9 Å². The van der Waals surface area contributed by atoms with Crippen molar-refractivity contribution >= 4 is 33.1 Å². The van der Waals surface area contributed by atoms with Crippen LogP contribution in [0, 0.1) is 18.3 Å². The van der Waals surface area contributed by atoms with E-state index in [1.807, 2.05) is 37.3 Å². The number of hydrogen-bond donors (Lipinski definition) is 1. The van der Waals surface area contributed by atoms with E-state index in [1.54, 1.807) is 13.2 Å². The maximum absolute atomic E-state index is 11.9. The normalized spacial score (nSPS) is 10.5. The van der Waals surface area contributed by atoms with Gasteiger partial charge in [0.05, 0.1) is 11.2 Å². The molecule has 6 heteroatoms. The lowest BCUT2D eigenvalue weighted by atomic mass is 10.1. The quantitative estimate of drug-likeness (QED) is 0.789. The van der Waals surface area contributed by atoms with Crippen LogP contribution in [0.15, 0.2) is 35.3 Å². The predicted octanol–water partition coefficient (Wildman–Crippen LogP) is 2.92. The van der Waals surface area contributed by atoms with Crippen molar-refractivity contribution in [2.75, 3.05) is 5.32 Å². The van der Waals surface area contributed by atoms with E-state index in [4.69, 9.17) is 5.26 Å². The Morgan fingerprint density at radius 1 is 1.38 bits per heavy atom. The number of anilines is 2. The summed E-state index contributed by atoms with van der Waals surface area (Å²) in [6.45, 7) is 1.98. The van der Waals surface area contributed by atoms with E-state index in [0.29, 0.717) is 5.00 Å². The number of aryl methyl sites for hydroxylation is 2. The van der Waals surface area contributed by atoms with Crippen molar-refractivity contribution in [3.8, 4) is 6.07 Å². The van der Waals surface area contributed by atoms with Crippen molar-refractivity contribution in [3.63, 3.8) is 0 Å². The minimum absolute atomic E-state index is 0.141. The highest BCUT2D eigenvalue weighted by molar-refractivity contribution is 7.11. The number of hydrogen-bond acceptors (Lipinski definition) is 5. The van der Waals surface area contributed by atoms with E-state index in [9.17, 15) is 4.79 Å². The Hall–Kier alpha value is -2.65. The smallest absolute Gasteiger partial charge is 0.280 e. The van der Waals surface area contributed by atoms with Gasteiger partial charge in [-0.1, -0.05) is 6.07 Å². The van der Waals surface area contributed by atoms with Gasteiger partial charge in [-0.15, -0.1) is 0 Å². The van der Waals surface area contributed by atoms with Gasteiger partial charge in [-0.3, -0.25) is 13.7 Å². The minimum atomic E-state index is -0.277. The Bertz CT molecular complexity index is 933. The molecule has 21 heavy (non-hydrogen) atoms. The molecule has 2 aromatic heterocycles. The molecule has 0 amide bonds. The van der Waals surface area contributed by atoms with Gasteiger partial charge in [0.25, 0.3) is 5.56 Å². The molecule has 3 rings (SSSR count). The van der Waals surface area contributed by atoms with Crippen molar-refractivity contribution in [1.29, 1.82) is 5.26 Å². The second-order valence-corrected chi connectivity index (χ2v) is 5.80. The van der Waals surface area contributed by atoms with Gasteiger partial charge in [-0.05, 0) is 42.2 Å². The molecule has 104 valence electrons. The summed E-state index contributed by atoms with van der Waals surface area (Å²) in [7, 11) is 1.65. The Morgan fingerprint density at radius 2 is 2.19 bits per heavy atom. The van der Waals surface area contributed by atoms with E-state index < -0.39 is 0 Å². The molecule has 0 saturated heterocycles. The summed E-state index contributed by atoms with van der Waals surface area (Å²) in [6, 6.07) is 9.73. The third-order valence-corrected chi connectivity index (χ3v) is 4.23. The van der Waals surface area contributed by atoms with Crippen molar-refractivity contribution in [1.82, 2.24) is 8.94 Å². The van der Waals surface area contributed by atoms with E-state index >= 15 is 0 Å². The average molecular weight is 296 g/mol. The zero-order valence-corrected chi connectivity index (χ0v) is 12.4. The summed E-state index contributed by atoms with van der Waals surface area (Å²) in [6.07, 6.45) is 1.74. The lowest BCUT2D eigenvalue weighted by Gasteiger charge is -2.11. The van der Waals surface area contributed by atoms with Crippen LogP contribution in [-0.2, 0) is 7.05 Å². The van der Waals surface area contributed by atoms with Crippen LogP contribution in [0.3, 0.4) is 0 Å². The van der Waals surface area contributed by atoms with Gasteiger partial charge in [0.2, 0.25) is 0 Å². The van der Waals surface area contributed by atoms with Gasteiger partial charge in [-0.25, -0.2) is 0 Å². The van der Waals surface area contributed by atoms with E-state index in [-0.39, 0.29) is 11.1 Å². The maximum Gasteiger partial charge on any atom is 0.280 e. The highest BCUT2D eigenvalue weighted by atomic mass is 32.1. The van der Waals surface area contributed by atoms with Crippen molar-refractivity contribution < 1.29 is 0 Å². The molecule has 0 fully saturated rings. The number of nitriles is 1. The van der Waals surface area contributed by atoms with Crippen LogP contribution in [0.25, 0.3) is 10.9 Å². The first-order valence-electron chi connectivity index (χ1n) is 6.33. The number of pyridine rings is 1. The molecule has 0 aliphatic carbocycles. The molecular formula is C15H12N4OS. The summed E-state index contributed by atoms with van der Waals surface area (Å²) in [5.74, 6) is 0. The Labute approximate surface area is 125 Å². The van der Waals surface area contributed by atoms with Gasteiger partial charge in [0, 0.05) is 18.6 Å². The van der Waals surface area contributed by atoms with Gasteiger partial charge < -0.3 is 5.32 Å². The van der Waals surface area contributed by atoms with Crippen LogP contribution in [0.2, 0.25) is 0 Å². The maximum atomic E-state index is 11.9. The van der Waals surface area contributed by atoms with Crippen LogP contribution in [0.4, 0.5) is 10.7 Å². The number of fused-ring (bicyclic) bond motifs is 1. The molecule has 0 aliphatic rings. The largest absolute Gasteiger partial charge is 0.344 e. The first kappa shape index (κ1) is 13.3.